The maximum absolute atomic E-state index is 12.9. The van der Waals surface area contributed by atoms with Gasteiger partial charge in [-0.15, -0.1) is 0 Å². The van der Waals surface area contributed by atoms with E-state index in [4.69, 9.17) is 21.4 Å². The number of fused-ring (bicyclic) bond motifs is 4. The molecule has 0 atom stereocenters. The van der Waals surface area contributed by atoms with Gasteiger partial charge in [-0.1, -0.05) is 52.0 Å². The fraction of sp³-hybridized carbons (Fsp3) is 0.292. The number of aromatic nitrogens is 7. The summed E-state index contributed by atoms with van der Waals surface area (Å²) < 4.78 is 3.64. The highest BCUT2D eigenvalue weighted by molar-refractivity contribution is 5.92. The van der Waals surface area contributed by atoms with Crippen molar-refractivity contribution < 1.29 is 19.5 Å². The first kappa shape index (κ1) is 46.6. The number of aromatic carboxylic acids is 1. The Balaban J connectivity index is 0.000000158. The molecule has 0 fully saturated rings. The van der Waals surface area contributed by atoms with E-state index in [1.165, 1.54) is 24.5 Å². The van der Waals surface area contributed by atoms with Crippen LogP contribution < -0.4 is 16.9 Å². The first-order valence-electron chi connectivity index (χ1n) is 20.9. The van der Waals surface area contributed by atoms with Crippen LogP contribution in [0.5, 0.6) is 0 Å². The average molecular weight is 876 g/mol. The van der Waals surface area contributed by atoms with Crippen LogP contribution in [0, 0.1) is 10.8 Å². The van der Waals surface area contributed by atoms with Crippen LogP contribution in [0.3, 0.4) is 0 Å². The number of Topliss-reactive ketones (excluding diaryl/α,β-unsaturated/α-hetero) is 1. The number of nitrogens with zero attached hydrogens (tertiary/aromatic N) is 10. The molecule has 0 saturated heterocycles. The average Bonchev–Trinajstić information content (AvgIpc) is 3.28. The van der Waals surface area contributed by atoms with Crippen LogP contribution >= 0.6 is 0 Å². The van der Waals surface area contributed by atoms with Gasteiger partial charge in [-0.05, 0) is 107 Å². The van der Waals surface area contributed by atoms with E-state index in [0.717, 1.165) is 55.1 Å². The van der Waals surface area contributed by atoms with Crippen molar-refractivity contribution in [1.82, 2.24) is 34.1 Å². The number of carboxylic acid groups (broad SMARTS) is 1. The van der Waals surface area contributed by atoms with Gasteiger partial charge in [0.1, 0.15) is 28.8 Å². The molecule has 2 aliphatic rings. The molecule has 332 valence electrons. The van der Waals surface area contributed by atoms with Crippen LogP contribution in [-0.2, 0) is 43.6 Å². The molecule has 7 heterocycles. The van der Waals surface area contributed by atoms with Crippen molar-refractivity contribution in [2.24, 2.45) is 15.9 Å². The van der Waals surface area contributed by atoms with Crippen LogP contribution in [-0.4, -0.2) is 56.8 Å². The largest absolute Gasteiger partial charge is 0.477 e. The zero-order chi connectivity index (χ0) is 46.7. The van der Waals surface area contributed by atoms with Crippen molar-refractivity contribution in [3.63, 3.8) is 0 Å². The van der Waals surface area contributed by atoms with Gasteiger partial charge in [0, 0.05) is 73.7 Å². The van der Waals surface area contributed by atoms with Gasteiger partial charge >= 0.3 is 5.97 Å². The molecule has 17 nitrogen and oxygen atoms in total. The number of anilines is 1. The van der Waals surface area contributed by atoms with Gasteiger partial charge in [0.2, 0.25) is 0 Å². The monoisotopic (exact) mass is 875 g/mol. The molecule has 0 saturated carbocycles. The smallest absolute Gasteiger partial charge is 0.354 e. The number of hydrogen-bond acceptors (Lipinski definition) is 11. The first-order valence-corrected chi connectivity index (χ1v) is 20.9. The van der Waals surface area contributed by atoms with Gasteiger partial charge in [-0.3, -0.25) is 38.3 Å². The SMILES string of the molecule is CC1(C)CCc2nc3cc(CC(=O)Cc4ccccn4)ccc3c(=O)n2C1.CC1(C)CCc2nc3cc(N)ccc3c(=O)n2C1.O=C(O)c1ccccn1.[N-]=[N+]=NC(=O)c1ccccn1. The number of carbonyl (C=O) groups excluding carboxylic acids is 2. The summed E-state index contributed by atoms with van der Waals surface area (Å²) in [5, 5.41) is 12.5. The number of nitrogens with two attached hydrogens (primary N) is 1. The number of carbonyl (C=O) groups is 3. The van der Waals surface area contributed by atoms with Crippen LogP contribution in [0.15, 0.2) is 124 Å². The van der Waals surface area contributed by atoms with Crippen molar-refractivity contribution in [3.05, 3.63) is 175 Å². The number of hydrogen-bond donors (Lipinski definition) is 2. The molecule has 2 aromatic carbocycles. The minimum atomic E-state index is -0.990. The number of amides is 1. The van der Waals surface area contributed by atoms with Gasteiger partial charge in [0.05, 0.1) is 21.8 Å². The summed E-state index contributed by atoms with van der Waals surface area (Å²) >= 11 is 0. The number of pyridine rings is 3. The number of azide groups is 1. The van der Waals surface area contributed by atoms with Crippen molar-refractivity contribution in [1.29, 1.82) is 0 Å². The molecule has 5 aromatic heterocycles. The Bertz CT molecular complexity index is 3020. The second kappa shape index (κ2) is 20.5. The summed E-state index contributed by atoms with van der Waals surface area (Å²) in [7, 11) is 0. The maximum Gasteiger partial charge on any atom is 0.354 e. The van der Waals surface area contributed by atoms with E-state index in [-0.39, 0.29) is 39.1 Å². The highest BCUT2D eigenvalue weighted by Crippen LogP contribution is 2.31. The third-order valence-corrected chi connectivity index (χ3v) is 10.8. The number of carboxylic acids is 1. The Morgan fingerprint density at radius 1 is 0.708 bits per heavy atom. The van der Waals surface area contributed by atoms with Crippen LogP contribution in [0.2, 0.25) is 0 Å². The lowest BCUT2D eigenvalue weighted by atomic mass is 9.85. The van der Waals surface area contributed by atoms with E-state index in [1.807, 2.05) is 45.5 Å². The van der Waals surface area contributed by atoms with Gasteiger partial charge in [-0.25, -0.2) is 19.7 Å². The van der Waals surface area contributed by atoms with Gasteiger partial charge in [0.15, 0.2) is 0 Å². The first-order chi connectivity index (χ1) is 31.0. The van der Waals surface area contributed by atoms with Crippen LogP contribution in [0.4, 0.5) is 5.69 Å². The summed E-state index contributed by atoms with van der Waals surface area (Å²) in [5.41, 5.74) is 18.0. The topological polar surface area (TPSA) is 255 Å². The Morgan fingerprint density at radius 3 is 1.72 bits per heavy atom. The molecule has 65 heavy (non-hydrogen) atoms. The standard InChI is InChI=1S/C22H23N3O2.C14H17N3O.C6H4N4O.C6H5NO2/c1-22(2)9-8-20-24-19-12-15(6-7-18(19)21(27)25(20)14-22)11-17(26)13-16-5-3-4-10-23-16;1-14(2)6-5-12-16-11-7-9(15)3-4-10(11)13(18)17(12)8-14;7-10-9-6(11)5-3-1-2-4-8-5;8-6(9)5-3-1-2-4-7-5/h3-7,10,12H,8-9,11,13-14H2,1-2H3;3-4,7H,5-6,8,15H2,1-2H3;1-4H;1-4H,(H,8,9). The van der Waals surface area contributed by atoms with Crippen molar-refractivity contribution >= 4 is 45.2 Å². The van der Waals surface area contributed by atoms with Crippen LogP contribution in [0.1, 0.15) is 84.4 Å². The zero-order valence-corrected chi connectivity index (χ0v) is 36.6. The summed E-state index contributed by atoms with van der Waals surface area (Å²) in [6, 6.07) is 26.0. The highest BCUT2D eigenvalue weighted by atomic mass is 16.4. The number of nitrogen functional groups attached to an aromatic ring is 1. The quantitative estimate of drug-likeness (QED) is 0.0718. The fourth-order valence-electron chi connectivity index (χ4n) is 7.39. The normalized spacial score (nSPS) is 14.0. The second-order valence-electron chi connectivity index (χ2n) is 17.2. The van der Waals surface area contributed by atoms with Crippen molar-refractivity contribution in [3.8, 4) is 0 Å². The molecule has 3 N–H and O–H groups in total. The predicted molar refractivity (Wildman–Crippen MR) is 246 cm³/mol. The maximum atomic E-state index is 12.9. The van der Waals surface area contributed by atoms with Gasteiger partial charge in [-0.2, -0.15) is 0 Å². The fourth-order valence-corrected chi connectivity index (χ4v) is 7.39. The third kappa shape index (κ3) is 12.4. The Morgan fingerprint density at radius 2 is 1.23 bits per heavy atom. The Kier molecular flexibility index (Phi) is 14.7. The van der Waals surface area contributed by atoms with E-state index in [9.17, 15) is 24.0 Å². The van der Waals surface area contributed by atoms with Gasteiger partial charge < -0.3 is 10.8 Å². The second-order valence-corrected chi connectivity index (χ2v) is 17.2. The van der Waals surface area contributed by atoms with Crippen molar-refractivity contribution in [2.75, 3.05) is 5.73 Å². The zero-order valence-electron chi connectivity index (χ0n) is 36.6. The van der Waals surface area contributed by atoms with Gasteiger partial charge in [0.25, 0.3) is 17.0 Å². The number of benzene rings is 2. The molecule has 0 bridgehead atoms. The molecule has 0 spiro atoms. The summed E-state index contributed by atoms with van der Waals surface area (Å²) in [6.45, 7) is 10.2. The van der Waals surface area contributed by atoms with E-state index in [2.05, 4.69) is 57.7 Å². The van der Waals surface area contributed by atoms with E-state index in [1.54, 1.807) is 48.7 Å². The Labute approximate surface area is 373 Å². The van der Waals surface area contributed by atoms with E-state index in [0.29, 0.717) is 46.9 Å². The minimum Gasteiger partial charge on any atom is -0.477 e. The summed E-state index contributed by atoms with van der Waals surface area (Å²) in [4.78, 5) is 81.7. The molecule has 0 unspecified atom stereocenters. The highest BCUT2D eigenvalue weighted by Gasteiger charge is 2.28. The molecule has 7 aromatic rings. The lowest BCUT2D eigenvalue weighted by Crippen LogP contribution is -2.36. The molecule has 2 aliphatic heterocycles. The van der Waals surface area contributed by atoms with Crippen molar-refractivity contribution in [2.45, 2.75) is 79.3 Å². The molecule has 9 rings (SSSR count). The molecule has 1 amide bonds. The molecular formula is C48H49N11O6. The molecule has 17 heteroatoms. The number of rotatable bonds is 6. The van der Waals surface area contributed by atoms with Crippen LogP contribution in [0.25, 0.3) is 32.2 Å². The summed E-state index contributed by atoms with van der Waals surface area (Å²) in [5.74, 6) is 0.189. The third-order valence-electron chi connectivity index (χ3n) is 10.8. The molecule has 0 aliphatic carbocycles. The summed E-state index contributed by atoms with van der Waals surface area (Å²) in [6.07, 6.45) is 8.98. The lowest BCUT2D eigenvalue weighted by molar-refractivity contribution is -0.117. The Hall–Kier alpha value is -7.91. The van der Waals surface area contributed by atoms with E-state index >= 15 is 0 Å². The molecule has 0 radical (unpaired) electrons. The molecular weight excluding hydrogens is 827 g/mol. The number of ketones is 1. The minimum absolute atomic E-state index is 0.0223. The lowest BCUT2D eigenvalue weighted by Gasteiger charge is -2.31. The number of aryl methyl sites for hydroxylation is 2. The van der Waals surface area contributed by atoms with E-state index < -0.39 is 11.9 Å². The predicted octanol–water partition coefficient (Wildman–Crippen LogP) is 7.38.